The highest BCUT2D eigenvalue weighted by Crippen LogP contribution is 2.34. The molecule has 6 nitrogen and oxygen atoms in total. The zero-order valence-electron chi connectivity index (χ0n) is 17.4. The Morgan fingerprint density at radius 1 is 1.19 bits per heavy atom. The molecule has 1 heterocycles. The summed E-state index contributed by atoms with van der Waals surface area (Å²) < 4.78 is 74.1. The molecule has 0 saturated carbocycles. The van der Waals surface area contributed by atoms with Crippen molar-refractivity contribution in [2.45, 2.75) is 44.4 Å². The summed E-state index contributed by atoms with van der Waals surface area (Å²) in [6.45, 7) is 5.84. The summed E-state index contributed by atoms with van der Waals surface area (Å²) in [5.74, 6) is 0.576. The zero-order chi connectivity index (χ0) is 23.7. The third-order valence-electron chi connectivity index (χ3n) is 4.72. The van der Waals surface area contributed by atoms with Crippen molar-refractivity contribution in [3.8, 4) is 11.8 Å². The standard InChI is InChI=1S/C21H21ClF3N3O3S/c1-4-28-18(12-26-20(28)31-16-8-5-13(2)6-9-16)14(3)27-32(29,30)19-10-7-15(11-17(19)22)21(23,24)25/h5-12,14,27H,4H2,1-3H3. The normalized spacial score (nSPS) is 13.2. The molecule has 3 aromatic rings. The highest BCUT2D eigenvalue weighted by molar-refractivity contribution is 7.89. The van der Waals surface area contributed by atoms with Crippen LogP contribution < -0.4 is 9.46 Å². The number of hydrogen-bond acceptors (Lipinski definition) is 4. The molecule has 2 aromatic carbocycles. The van der Waals surface area contributed by atoms with E-state index in [1.54, 1.807) is 23.6 Å². The second-order valence-electron chi connectivity index (χ2n) is 7.11. The minimum atomic E-state index is -4.63. The molecule has 32 heavy (non-hydrogen) atoms. The van der Waals surface area contributed by atoms with Crippen LogP contribution >= 0.6 is 11.6 Å². The van der Waals surface area contributed by atoms with Gasteiger partial charge in [-0.05, 0) is 51.1 Å². The van der Waals surface area contributed by atoms with Crippen molar-refractivity contribution in [3.05, 3.63) is 70.5 Å². The van der Waals surface area contributed by atoms with E-state index in [0.717, 1.165) is 11.6 Å². The quantitative estimate of drug-likeness (QED) is 0.463. The number of sulfonamides is 1. The van der Waals surface area contributed by atoms with Crippen molar-refractivity contribution in [2.75, 3.05) is 0 Å². The van der Waals surface area contributed by atoms with Crippen LogP contribution in [0, 0.1) is 6.92 Å². The van der Waals surface area contributed by atoms with Gasteiger partial charge in [0.05, 0.1) is 28.5 Å². The lowest BCUT2D eigenvalue weighted by molar-refractivity contribution is -0.137. The number of nitrogens with one attached hydrogen (secondary N) is 1. The van der Waals surface area contributed by atoms with Gasteiger partial charge in [-0.2, -0.15) is 13.2 Å². The molecule has 172 valence electrons. The lowest BCUT2D eigenvalue weighted by Gasteiger charge is -2.18. The molecule has 3 rings (SSSR count). The number of rotatable bonds is 7. The Labute approximate surface area is 189 Å². The number of alkyl halides is 3. The molecule has 0 bridgehead atoms. The first-order valence-electron chi connectivity index (χ1n) is 9.61. The minimum absolute atomic E-state index is 0.282. The van der Waals surface area contributed by atoms with Gasteiger partial charge in [-0.1, -0.05) is 29.3 Å². The van der Waals surface area contributed by atoms with Crippen LogP contribution in [0.25, 0.3) is 0 Å². The summed E-state index contributed by atoms with van der Waals surface area (Å²) >= 11 is 5.86. The monoisotopic (exact) mass is 487 g/mol. The van der Waals surface area contributed by atoms with Crippen LogP contribution in [0.1, 0.15) is 36.7 Å². The Morgan fingerprint density at radius 3 is 2.41 bits per heavy atom. The fourth-order valence-corrected chi connectivity index (χ4v) is 4.84. The Balaban J connectivity index is 1.84. The highest BCUT2D eigenvalue weighted by atomic mass is 35.5. The van der Waals surface area contributed by atoms with Crippen LogP contribution in [0.3, 0.4) is 0 Å². The number of imidazole rings is 1. The molecule has 0 aliphatic rings. The fraction of sp³-hybridized carbons (Fsp3) is 0.286. The fourth-order valence-electron chi connectivity index (χ4n) is 3.08. The molecule has 0 saturated heterocycles. The number of hydrogen-bond donors (Lipinski definition) is 1. The lowest BCUT2D eigenvalue weighted by atomic mass is 10.2. The van der Waals surface area contributed by atoms with Crippen molar-refractivity contribution in [2.24, 2.45) is 0 Å². The number of benzene rings is 2. The first-order chi connectivity index (χ1) is 14.9. The summed E-state index contributed by atoms with van der Waals surface area (Å²) in [5, 5.41) is -0.521. The second-order valence-corrected chi connectivity index (χ2v) is 9.20. The largest absolute Gasteiger partial charge is 0.426 e. The number of ether oxygens (including phenoxy) is 1. The van der Waals surface area contributed by atoms with Gasteiger partial charge in [0.2, 0.25) is 10.0 Å². The summed E-state index contributed by atoms with van der Waals surface area (Å²) in [5.41, 5.74) is 0.555. The molecule has 1 aromatic heterocycles. The van der Waals surface area contributed by atoms with Crippen molar-refractivity contribution in [3.63, 3.8) is 0 Å². The van der Waals surface area contributed by atoms with Crippen LogP contribution in [0.5, 0.6) is 11.8 Å². The van der Waals surface area contributed by atoms with Gasteiger partial charge in [0.15, 0.2) is 0 Å². The van der Waals surface area contributed by atoms with E-state index >= 15 is 0 Å². The Bertz CT molecular complexity index is 1210. The molecule has 0 amide bonds. The molecular formula is C21H21ClF3N3O3S. The van der Waals surface area contributed by atoms with Gasteiger partial charge in [-0.15, -0.1) is 0 Å². The number of aromatic nitrogens is 2. The number of nitrogens with zero attached hydrogens (tertiary/aromatic N) is 2. The number of aryl methyl sites for hydroxylation is 1. The smallest absolute Gasteiger partial charge is 0.416 e. The first kappa shape index (κ1) is 24.1. The van der Waals surface area contributed by atoms with Gasteiger partial charge < -0.3 is 4.74 Å². The van der Waals surface area contributed by atoms with Crippen LogP contribution in [0.4, 0.5) is 13.2 Å². The van der Waals surface area contributed by atoms with E-state index in [0.29, 0.717) is 30.1 Å². The summed E-state index contributed by atoms with van der Waals surface area (Å²) in [4.78, 5) is 3.79. The molecule has 0 aliphatic carbocycles. The van der Waals surface area contributed by atoms with E-state index < -0.39 is 37.7 Å². The third-order valence-corrected chi connectivity index (χ3v) is 6.74. The molecule has 0 radical (unpaired) electrons. The minimum Gasteiger partial charge on any atom is -0.426 e. The summed E-state index contributed by atoms with van der Waals surface area (Å²) in [7, 11) is -4.21. The second kappa shape index (κ2) is 9.13. The molecule has 1 atom stereocenters. The van der Waals surface area contributed by atoms with Crippen molar-refractivity contribution >= 4 is 21.6 Å². The predicted molar refractivity (Wildman–Crippen MR) is 114 cm³/mol. The Morgan fingerprint density at radius 2 is 1.84 bits per heavy atom. The van der Waals surface area contributed by atoms with Gasteiger partial charge in [0.1, 0.15) is 10.6 Å². The highest BCUT2D eigenvalue weighted by Gasteiger charge is 2.32. The molecule has 1 N–H and O–H groups in total. The number of halogens is 4. The van der Waals surface area contributed by atoms with E-state index in [1.165, 1.54) is 6.20 Å². The lowest BCUT2D eigenvalue weighted by Crippen LogP contribution is -2.28. The van der Waals surface area contributed by atoms with Crippen LogP contribution in [-0.4, -0.2) is 18.0 Å². The van der Waals surface area contributed by atoms with Crippen LogP contribution in [0.15, 0.2) is 53.6 Å². The van der Waals surface area contributed by atoms with Gasteiger partial charge in [0.25, 0.3) is 0 Å². The van der Waals surface area contributed by atoms with E-state index in [4.69, 9.17) is 16.3 Å². The average molecular weight is 488 g/mol. The topological polar surface area (TPSA) is 73.2 Å². The summed E-state index contributed by atoms with van der Waals surface area (Å²) in [6.07, 6.45) is -3.15. The van der Waals surface area contributed by atoms with E-state index in [-0.39, 0.29) is 6.01 Å². The Hall–Kier alpha value is -2.56. The summed E-state index contributed by atoms with van der Waals surface area (Å²) in [6, 6.07) is 8.99. The predicted octanol–water partition coefficient (Wildman–Crippen LogP) is 5.72. The van der Waals surface area contributed by atoms with E-state index in [9.17, 15) is 21.6 Å². The van der Waals surface area contributed by atoms with Gasteiger partial charge >= 0.3 is 12.2 Å². The molecule has 1 unspecified atom stereocenters. The third kappa shape index (κ3) is 5.25. The maximum atomic E-state index is 12.8. The molecule has 11 heteroatoms. The van der Waals surface area contributed by atoms with Gasteiger partial charge in [0, 0.05) is 6.54 Å². The van der Waals surface area contributed by atoms with Crippen molar-refractivity contribution < 1.29 is 26.3 Å². The van der Waals surface area contributed by atoms with E-state index in [2.05, 4.69) is 9.71 Å². The van der Waals surface area contributed by atoms with Crippen LogP contribution in [0.2, 0.25) is 5.02 Å². The zero-order valence-corrected chi connectivity index (χ0v) is 19.0. The Kier molecular flexibility index (Phi) is 6.87. The van der Waals surface area contributed by atoms with Crippen LogP contribution in [-0.2, 0) is 22.7 Å². The van der Waals surface area contributed by atoms with Crippen molar-refractivity contribution in [1.82, 2.24) is 14.3 Å². The molecule has 0 aliphatic heterocycles. The molecule has 0 spiro atoms. The van der Waals surface area contributed by atoms with Gasteiger partial charge in [-0.3, -0.25) is 4.57 Å². The molecule has 0 fully saturated rings. The SMILES string of the molecule is CCn1c(C(C)NS(=O)(=O)c2ccc(C(F)(F)F)cc2Cl)cnc1Oc1ccc(C)cc1. The maximum absolute atomic E-state index is 12.8. The maximum Gasteiger partial charge on any atom is 0.416 e. The van der Waals surface area contributed by atoms with Gasteiger partial charge in [-0.25, -0.2) is 18.1 Å². The average Bonchev–Trinajstić information content (AvgIpc) is 3.11. The van der Waals surface area contributed by atoms with Crippen molar-refractivity contribution in [1.29, 1.82) is 0 Å². The first-order valence-corrected chi connectivity index (χ1v) is 11.5. The molecular weight excluding hydrogens is 467 g/mol. The van der Waals surface area contributed by atoms with E-state index in [1.807, 2.05) is 26.0 Å².